The maximum absolute atomic E-state index is 13.8. The number of amides is 1. The molecule has 0 aliphatic heterocycles. The highest BCUT2D eigenvalue weighted by Gasteiger charge is 2.39. The van der Waals surface area contributed by atoms with E-state index in [4.69, 9.17) is 22.1 Å². The standard InChI is InChI=1S/C16H13ClFN5O3/c17-10-6-8(18)5-9-12(10)21-14(13(7-1-2-7)26-16(19)25)23(15(9)24)11-3-4-20-22-11/h3-7,13H,1-2H2,(H2,19,25)(H,20,22)/t13-/m0/s1. The number of hydrogen-bond donors (Lipinski definition) is 2. The molecule has 1 fully saturated rings. The van der Waals surface area contributed by atoms with Crippen molar-refractivity contribution in [2.45, 2.75) is 18.9 Å². The lowest BCUT2D eigenvalue weighted by molar-refractivity contribution is 0.0865. The lowest BCUT2D eigenvalue weighted by Gasteiger charge is -2.20. The summed E-state index contributed by atoms with van der Waals surface area (Å²) in [6.07, 6.45) is 1.31. The van der Waals surface area contributed by atoms with E-state index in [2.05, 4.69) is 15.2 Å². The second-order valence-corrected chi connectivity index (χ2v) is 6.43. The Bertz CT molecular complexity index is 1060. The highest BCUT2D eigenvalue weighted by molar-refractivity contribution is 6.35. The molecule has 0 saturated heterocycles. The van der Waals surface area contributed by atoms with Gasteiger partial charge in [-0.15, -0.1) is 0 Å². The van der Waals surface area contributed by atoms with Crippen LogP contribution in [0.2, 0.25) is 5.02 Å². The minimum atomic E-state index is -0.977. The number of hydrogen-bond acceptors (Lipinski definition) is 5. The number of H-pyrrole nitrogens is 1. The fourth-order valence-electron chi connectivity index (χ4n) is 2.90. The van der Waals surface area contributed by atoms with E-state index in [1.165, 1.54) is 10.8 Å². The first-order chi connectivity index (χ1) is 12.5. The van der Waals surface area contributed by atoms with E-state index in [0.29, 0.717) is 0 Å². The van der Waals surface area contributed by atoms with Crippen molar-refractivity contribution in [3.8, 4) is 5.82 Å². The Labute approximate surface area is 150 Å². The van der Waals surface area contributed by atoms with Crippen LogP contribution in [0.4, 0.5) is 9.18 Å². The van der Waals surface area contributed by atoms with Gasteiger partial charge in [-0.1, -0.05) is 11.6 Å². The number of fused-ring (bicyclic) bond motifs is 1. The molecule has 0 radical (unpaired) electrons. The molecule has 1 aromatic carbocycles. The van der Waals surface area contributed by atoms with E-state index < -0.39 is 23.6 Å². The van der Waals surface area contributed by atoms with Gasteiger partial charge in [0.25, 0.3) is 5.56 Å². The second kappa shape index (κ2) is 6.10. The number of halogens is 2. The van der Waals surface area contributed by atoms with Crippen LogP contribution in [0.3, 0.4) is 0 Å². The van der Waals surface area contributed by atoms with Crippen LogP contribution < -0.4 is 11.3 Å². The Balaban J connectivity index is 2.05. The number of rotatable bonds is 4. The smallest absolute Gasteiger partial charge is 0.405 e. The summed E-state index contributed by atoms with van der Waals surface area (Å²) < 4.78 is 20.2. The first kappa shape index (κ1) is 16.5. The molecule has 1 aliphatic carbocycles. The van der Waals surface area contributed by atoms with E-state index >= 15 is 0 Å². The fraction of sp³-hybridized carbons (Fsp3) is 0.250. The van der Waals surface area contributed by atoms with Crippen LogP contribution >= 0.6 is 11.6 Å². The van der Waals surface area contributed by atoms with Crippen molar-refractivity contribution in [2.75, 3.05) is 0 Å². The minimum absolute atomic E-state index is 0.00429. The predicted molar refractivity (Wildman–Crippen MR) is 90.6 cm³/mol. The molecule has 2 aromatic heterocycles. The Morgan fingerprint density at radius 3 is 2.85 bits per heavy atom. The third-order valence-electron chi connectivity index (χ3n) is 4.18. The lowest BCUT2D eigenvalue weighted by Crippen LogP contribution is -2.29. The number of aromatic nitrogens is 4. The molecule has 1 saturated carbocycles. The topological polar surface area (TPSA) is 116 Å². The maximum atomic E-state index is 13.8. The Morgan fingerprint density at radius 1 is 1.46 bits per heavy atom. The van der Waals surface area contributed by atoms with Gasteiger partial charge in [-0.3, -0.25) is 9.89 Å². The summed E-state index contributed by atoms with van der Waals surface area (Å²) in [5.41, 5.74) is 4.74. The van der Waals surface area contributed by atoms with Gasteiger partial charge in [0.1, 0.15) is 5.82 Å². The van der Waals surface area contributed by atoms with Gasteiger partial charge < -0.3 is 10.5 Å². The van der Waals surface area contributed by atoms with E-state index in [1.54, 1.807) is 6.07 Å². The van der Waals surface area contributed by atoms with Crippen molar-refractivity contribution >= 4 is 28.6 Å². The monoisotopic (exact) mass is 377 g/mol. The average Bonchev–Trinajstić information content (AvgIpc) is 3.28. The van der Waals surface area contributed by atoms with Gasteiger partial charge in [0, 0.05) is 18.2 Å². The number of ether oxygens (including phenoxy) is 1. The summed E-state index contributed by atoms with van der Waals surface area (Å²) in [4.78, 5) is 28.8. The third-order valence-corrected chi connectivity index (χ3v) is 4.47. The van der Waals surface area contributed by atoms with Crippen LogP contribution in [0.15, 0.2) is 29.2 Å². The van der Waals surface area contributed by atoms with Crippen LogP contribution in [-0.2, 0) is 4.74 Å². The van der Waals surface area contributed by atoms with Crippen molar-refractivity contribution in [3.63, 3.8) is 0 Å². The van der Waals surface area contributed by atoms with E-state index in [-0.39, 0.29) is 33.5 Å². The van der Waals surface area contributed by atoms with Crippen molar-refractivity contribution < 1.29 is 13.9 Å². The zero-order valence-corrected chi connectivity index (χ0v) is 14.0. The zero-order chi connectivity index (χ0) is 18.4. The molecular formula is C16H13ClFN5O3. The Hall–Kier alpha value is -2.94. The molecule has 1 amide bonds. The molecule has 3 N–H and O–H groups in total. The minimum Gasteiger partial charge on any atom is -0.438 e. The summed E-state index contributed by atoms with van der Waals surface area (Å²) >= 11 is 6.08. The van der Waals surface area contributed by atoms with Gasteiger partial charge in [0.2, 0.25) is 0 Å². The second-order valence-electron chi connectivity index (χ2n) is 6.02. The van der Waals surface area contributed by atoms with Gasteiger partial charge in [-0.25, -0.2) is 18.7 Å². The summed E-state index contributed by atoms with van der Waals surface area (Å²) in [7, 11) is 0. The van der Waals surface area contributed by atoms with Crippen LogP contribution in [0, 0.1) is 11.7 Å². The summed E-state index contributed by atoms with van der Waals surface area (Å²) in [5.74, 6) is -0.297. The first-order valence-electron chi connectivity index (χ1n) is 7.83. The highest BCUT2D eigenvalue weighted by atomic mass is 35.5. The van der Waals surface area contributed by atoms with Crippen LogP contribution in [0.5, 0.6) is 0 Å². The molecule has 8 nitrogen and oxygen atoms in total. The number of aromatic amines is 1. The van der Waals surface area contributed by atoms with Crippen molar-refractivity contribution in [1.82, 2.24) is 19.7 Å². The number of nitrogens with zero attached hydrogens (tertiary/aromatic N) is 3. The molecule has 1 aliphatic rings. The van der Waals surface area contributed by atoms with E-state index in [1.807, 2.05) is 0 Å². The van der Waals surface area contributed by atoms with Crippen molar-refractivity contribution in [1.29, 1.82) is 0 Å². The molecular weight excluding hydrogens is 365 g/mol. The molecule has 0 unspecified atom stereocenters. The zero-order valence-electron chi connectivity index (χ0n) is 13.3. The quantitative estimate of drug-likeness (QED) is 0.724. The van der Waals surface area contributed by atoms with Crippen LogP contribution in [0.25, 0.3) is 16.7 Å². The van der Waals surface area contributed by atoms with Gasteiger partial charge in [0.05, 0.1) is 15.9 Å². The van der Waals surface area contributed by atoms with Crippen molar-refractivity contribution in [3.05, 3.63) is 51.4 Å². The summed E-state index contributed by atoms with van der Waals surface area (Å²) in [6.45, 7) is 0. The summed E-state index contributed by atoms with van der Waals surface area (Å²) in [6, 6.07) is 3.68. The largest absolute Gasteiger partial charge is 0.438 e. The number of benzene rings is 1. The van der Waals surface area contributed by atoms with Crippen LogP contribution in [-0.4, -0.2) is 25.8 Å². The molecule has 0 spiro atoms. The van der Waals surface area contributed by atoms with Gasteiger partial charge in [-0.05, 0) is 25.0 Å². The Morgan fingerprint density at radius 2 is 2.23 bits per heavy atom. The lowest BCUT2D eigenvalue weighted by atomic mass is 10.1. The van der Waals surface area contributed by atoms with E-state index in [0.717, 1.165) is 25.0 Å². The van der Waals surface area contributed by atoms with Gasteiger partial charge >= 0.3 is 6.09 Å². The van der Waals surface area contributed by atoms with Crippen molar-refractivity contribution in [2.24, 2.45) is 11.7 Å². The number of primary amides is 1. The molecule has 1 atom stereocenters. The number of carbonyl (C=O) groups is 1. The number of nitrogens with two attached hydrogens (primary N) is 1. The number of carbonyl (C=O) groups excluding carboxylic acids is 1. The maximum Gasteiger partial charge on any atom is 0.405 e. The number of nitrogens with one attached hydrogen (secondary N) is 1. The van der Waals surface area contributed by atoms with Crippen LogP contribution in [0.1, 0.15) is 24.8 Å². The summed E-state index contributed by atoms with van der Waals surface area (Å²) in [5, 5.41) is 6.59. The normalized spacial score (nSPS) is 15.2. The molecule has 4 rings (SSSR count). The van der Waals surface area contributed by atoms with Gasteiger partial charge in [0.15, 0.2) is 17.7 Å². The predicted octanol–water partition coefficient (Wildman–Crippen LogP) is 2.45. The molecule has 2 heterocycles. The average molecular weight is 378 g/mol. The highest BCUT2D eigenvalue weighted by Crippen LogP contribution is 2.43. The SMILES string of the molecule is NC(=O)O[C@H](c1nc2c(Cl)cc(F)cc2c(=O)n1-c1cc[nH]n1)C1CC1. The molecule has 134 valence electrons. The molecule has 26 heavy (non-hydrogen) atoms. The Kier molecular flexibility index (Phi) is 3.87. The molecule has 0 bridgehead atoms. The van der Waals surface area contributed by atoms with Gasteiger partial charge in [-0.2, -0.15) is 5.10 Å². The third kappa shape index (κ3) is 2.80. The molecule has 3 aromatic rings. The molecule has 10 heteroatoms. The fourth-order valence-corrected chi connectivity index (χ4v) is 3.15. The first-order valence-corrected chi connectivity index (χ1v) is 8.21. The van der Waals surface area contributed by atoms with E-state index in [9.17, 15) is 14.0 Å².